The molecule has 2 heterocycles. The van der Waals surface area contributed by atoms with E-state index in [-0.39, 0.29) is 5.82 Å². The fourth-order valence-electron chi connectivity index (χ4n) is 3.08. The van der Waals surface area contributed by atoms with E-state index in [4.69, 9.17) is 0 Å². The van der Waals surface area contributed by atoms with E-state index >= 15 is 0 Å². The molecular formula is C17H18FN5. The zero-order chi connectivity index (χ0) is 16.0. The van der Waals surface area contributed by atoms with Crippen LogP contribution in [0.1, 0.15) is 35.5 Å². The Morgan fingerprint density at radius 3 is 2.78 bits per heavy atom. The van der Waals surface area contributed by atoms with Gasteiger partial charge in [-0.2, -0.15) is 9.50 Å². The van der Waals surface area contributed by atoms with Crippen molar-refractivity contribution in [3.8, 4) is 0 Å². The smallest absolute Gasteiger partial charge is 0.254 e. The number of rotatable bonds is 2. The van der Waals surface area contributed by atoms with E-state index in [0.717, 1.165) is 42.8 Å². The highest BCUT2D eigenvalue weighted by Gasteiger charge is 2.20. The third kappa shape index (κ3) is 2.44. The molecule has 1 N–H and O–H groups in total. The minimum absolute atomic E-state index is 0.219. The van der Waals surface area contributed by atoms with Crippen molar-refractivity contribution < 1.29 is 4.39 Å². The van der Waals surface area contributed by atoms with Crippen molar-refractivity contribution in [1.29, 1.82) is 0 Å². The van der Waals surface area contributed by atoms with Crippen molar-refractivity contribution in [3.63, 3.8) is 0 Å². The molecule has 118 valence electrons. The van der Waals surface area contributed by atoms with Gasteiger partial charge < -0.3 is 5.32 Å². The van der Waals surface area contributed by atoms with E-state index in [9.17, 15) is 4.39 Å². The number of nitrogens with zero attached hydrogens (tertiary/aromatic N) is 4. The average Bonchev–Trinajstić information content (AvgIpc) is 2.91. The highest BCUT2D eigenvalue weighted by molar-refractivity contribution is 5.63. The molecule has 1 aromatic carbocycles. The van der Waals surface area contributed by atoms with E-state index in [0.29, 0.717) is 22.9 Å². The normalized spacial score (nSPS) is 14.0. The molecule has 0 fully saturated rings. The molecule has 6 heteroatoms. The van der Waals surface area contributed by atoms with Crippen LogP contribution in [0.5, 0.6) is 0 Å². The summed E-state index contributed by atoms with van der Waals surface area (Å²) in [6.07, 6.45) is 4.18. The van der Waals surface area contributed by atoms with Crippen molar-refractivity contribution in [1.82, 2.24) is 19.6 Å². The maximum Gasteiger partial charge on any atom is 0.254 e. The van der Waals surface area contributed by atoms with Gasteiger partial charge >= 0.3 is 0 Å². The first kappa shape index (κ1) is 14.1. The highest BCUT2D eigenvalue weighted by Crippen LogP contribution is 2.29. The molecule has 0 aliphatic heterocycles. The van der Waals surface area contributed by atoms with Crippen molar-refractivity contribution in [2.75, 3.05) is 5.32 Å². The largest absolute Gasteiger partial charge is 0.340 e. The van der Waals surface area contributed by atoms with Gasteiger partial charge in [0.05, 0.1) is 5.69 Å². The standard InChI is InChI=1S/C17H18FN5/c1-10-7-8-12(9-14(10)18)20-16-13-5-3-4-6-15(13)21-17-19-11(2)22-23(16)17/h7-9,20H,3-6H2,1-2H3. The zero-order valence-corrected chi connectivity index (χ0v) is 13.2. The molecule has 3 aromatic rings. The van der Waals surface area contributed by atoms with Crippen LogP contribution in [0.4, 0.5) is 15.9 Å². The van der Waals surface area contributed by atoms with E-state index in [1.54, 1.807) is 17.5 Å². The number of hydrogen-bond donors (Lipinski definition) is 1. The molecule has 23 heavy (non-hydrogen) atoms. The number of halogens is 1. The monoisotopic (exact) mass is 311 g/mol. The average molecular weight is 311 g/mol. The van der Waals surface area contributed by atoms with Gasteiger partial charge in [-0.25, -0.2) is 9.37 Å². The van der Waals surface area contributed by atoms with Gasteiger partial charge in [0.2, 0.25) is 0 Å². The van der Waals surface area contributed by atoms with Crippen LogP contribution >= 0.6 is 0 Å². The predicted octanol–water partition coefficient (Wildman–Crippen LogP) is 3.50. The maximum atomic E-state index is 13.9. The quantitative estimate of drug-likeness (QED) is 0.787. The third-order valence-electron chi connectivity index (χ3n) is 4.30. The number of aromatic nitrogens is 4. The summed E-state index contributed by atoms with van der Waals surface area (Å²) in [5.74, 6) is 1.91. The molecule has 0 saturated carbocycles. The van der Waals surface area contributed by atoms with Gasteiger partial charge in [-0.15, -0.1) is 5.10 Å². The van der Waals surface area contributed by atoms with Gasteiger partial charge in [0, 0.05) is 11.3 Å². The summed E-state index contributed by atoms with van der Waals surface area (Å²) in [6.45, 7) is 3.61. The molecule has 0 atom stereocenters. The Bertz CT molecular complexity index is 900. The minimum atomic E-state index is -0.219. The molecule has 0 spiro atoms. The second kappa shape index (κ2) is 5.30. The fraction of sp³-hybridized carbons (Fsp3) is 0.353. The Labute approximate surface area is 133 Å². The van der Waals surface area contributed by atoms with Crippen LogP contribution in [0.3, 0.4) is 0 Å². The first-order valence-corrected chi connectivity index (χ1v) is 7.90. The lowest BCUT2D eigenvalue weighted by atomic mass is 9.96. The minimum Gasteiger partial charge on any atom is -0.340 e. The van der Waals surface area contributed by atoms with Crippen LogP contribution in [0.25, 0.3) is 5.78 Å². The van der Waals surface area contributed by atoms with E-state index in [2.05, 4.69) is 20.4 Å². The number of fused-ring (bicyclic) bond motifs is 2. The number of nitrogens with one attached hydrogen (secondary N) is 1. The van der Waals surface area contributed by atoms with Gasteiger partial charge in [0.1, 0.15) is 17.5 Å². The number of benzene rings is 1. The molecular weight excluding hydrogens is 293 g/mol. The molecule has 0 unspecified atom stereocenters. The number of aryl methyl sites for hydroxylation is 3. The Morgan fingerprint density at radius 1 is 1.13 bits per heavy atom. The molecule has 0 radical (unpaired) electrons. The lowest BCUT2D eigenvalue weighted by molar-refractivity contribution is 0.619. The van der Waals surface area contributed by atoms with Crippen LogP contribution in [0.15, 0.2) is 18.2 Å². The third-order valence-corrected chi connectivity index (χ3v) is 4.30. The first-order chi connectivity index (χ1) is 11.1. The molecule has 5 nitrogen and oxygen atoms in total. The van der Waals surface area contributed by atoms with Crippen LogP contribution in [-0.4, -0.2) is 19.6 Å². The van der Waals surface area contributed by atoms with Crippen LogP contribution in [0, 0.1) is 19.7 Å². The number of hydrogen-bond acceptors (Lipinski definition) is 4. The van der Waals surface area contributed by atoms with E-state index in [1.165, 1.54) is 6.07 Å². The second-order valence-electron chi connectivity index (χ2n) is 6.05. The highest BCUT2D eigenvalue weighted by atomic mass is 19.1. The zero-order valence-electron chi connectivity index (χ0n) is 13.2. The SMILES string of the molecule is Cc1nc2nc3c(c(Nc4ccc(C)c(F)c4)n2n1)CCCC3. The summed E-state index contributed by atoms with van der Waals surface area (Å²) in [5.41, 5.74) is 3.58. The van der Waals surface area contributed by atoms with Gasteiger partial charge in [0.25, 0.3) is 5.78 Å². The van der Waals surface area contributed by atoms with Crippen LogP contribution < -0.4 is 5.32 Å². The Kier molecular flexibility index (Phi) is 3.25. The van der Waals surface area contributed by atoms with E-state index < -0.39 is 0 Å². The molecule has 1 aliphatic carbocycles. The van der Waals surface area contributed by atoms with Crippen molar-refractivity contribution in [2.45, 2.75) is 39.5 Å². The molecule has 0 amide bonds. The predicted molar refractivity (Wildman–Crippen MR) is 86.6 cm³/mol. The second-order valence-corrected chi connectivity index (χ2v) is 6.05. The van der Waals surface area contributed by atoms with Crippen molar-refractivity contribution >= 4 is 17.3 Å². The molecule has 0 saturated heterocycles. The fourth-order valence-corrected chi connectivity index (χ4v) is 3.08. The topological polar surface area (TPSA) is 55.1 Å². The number of anilines is 2. The molecule has 2 aromatic heterocycles. The Hall–Kier alpha value is -2.50. The Morgan fingerprint density at radius 2 is 1.96 bits per heavy atom. The summed E-state index contributed by atoms with van der Waals surface area (Å²) in [4.78, 5) is 9.03. The van der Waals surface area contributed by atoms with Gasteiger partial charge in [-0.1, -0.05) is 6.07 Å². The first-order valence-electron chi connectivity index (χ1n) is 7.90. The summed E-state index contributed by atoms with van der Waals surface area (Å²) in [6, 6.07) is 5.17. The molecule has 4 rings (SSSR count). The van der Waals surface area contributed by atoms with Gasteiger partial charge in [0.15, 0.2) is 0 Å². The Balaban J connectivity index is 1.88. The van der Waals surface area contributed by atoms with Crippen LogP contribution in [0.2, 0.25) is 0 Å². The summed E-state index contributed by atoms with van der Waals surface area (Å²) in [5, 5.41) is 7.78. The van der Waals surface area contributed by atoms with Crippen molar-refractivity contribution in [3.05, 3.63) is 46.7 Å². The molecule has 0 bridgehead atoms. The van der Waals surface area contributed by atoms with Crippen molar-refractivity contribution in [2.24, 2.45) is 0 Å². The maximum absolute atomic E-state index is 13.9. The summed E-state index contributed by atoms with van der Waals surface area (Å²) in [7, 11) is 0. The summed E-state index contributed by atoms with van der Waals surface area (Å²) >= 11 is 0. The van der Waals surface area contributed by atoms with Crippen LogP contribution in [-0.2, 0) is 12.8 Å². The lowest BCUT2D eigenvalue weighted by Crippen LogP contribution is -2.13. The lowest BCUT2D eigenvalue weighted by Gasteiger charge is -2.20. The van der Waals surface area contributed by atoms with E-state index in [1.807, 2.05) is 13.0 Å². The molecule has 1 aliphatic rings. The summed E-state index contributed by atoms with van der Waals surface area (Å²) < 4.78 is 15.6. The van der Waals surface area contributed by atoms with Gasteiger partial charge in [-0.3, -0.25) is 0 Å². The van der Waals surface area contributed by atoms with Gasteiger partial charge in [-0.05, 0) is 57.2 Å².